The predicted molar refractivity (Wildman–Crippen MR) is 80.1 cm³/mol. The molecule has 2 heterocycles. The van der Waals surface area contributed by atoms with Crippen molar-refractivity contribution < 1.29 is 4.74 Å². The molecule has 108 valence electrons. The number of hydrogen-bond acceptors (Lipinski definition) is 2. The molecule has 0 aromatic rings. The van der Waals surface area contributed by atoms with E-state index < -0.39 is 0 Å². The lowest BCUT2D eigenvalue weighted by atomic mass is 9.88. The molecule has 0 amide bonds. The van der Waals surface area contributed by atoms with Crippen LogP contribution in [0.5, 0.6) is 0 Å². The van der Waals surface area contributed by atoms with Gasteiger partial charge in [0, 0.05) is 6.04 Å². The fraction of sp³-hybridized carbons (Fsp3) is 0.882. The standard InChI is InChI=1S/C17H29NO/c1-15-9-5-6-13-18(15)14-8-12-17(4)11-7-10-16(2,3)19-17/h15H,5-7,9-11,13-14H2,1-4H3/t15-,17+/m0/s1. The molecule has 2 saturated heterocycles. The van der Waals surface area contributed by atoms with Crippen molar-refractivity contribution in [2.24, 2.45) is 0 Å². The van der Waals surface area contributed by atoms with Gasteiger partial charge in [-0.1, -0.05) is 18.3 Å². The van der Waals surface area contributed by atoms with E-state index in [1.54, 1.807) is 0 Å². The first kappa shape index (κ1) is 14.9. The summed E-state index contributed by atoms with van der Waals surface area (Å²) < 4.78 is 6.19. The lowest BCUT2D eigenvalue weighted by molar-refractivity contribution is -0.135. The van der Waals surface area contributed by atoms with Gasteiger partial charge in [-0.3, -0.25) is 4.90 Å². The molecule has 2 aliphatic heterocycles. The Balaban J connectivity index is 1.91. The van der Waals surface area contributed by atoms with Gasteiger partial charge in [-0.2, -0.15) is 0 Å². The third-order valence-electron chi connectivity index (χ3n) is 4.51. The predicted octanol–water partition coefficient (Wildman–Crippen LogP) is 3.60. The maximum atomic E-state index is 6.19. The zero-order chi connectivity index (χ0) is 13.9. The average Bonchev–Trinajstić information content (AvgIpc) is 2.30. The van der Waals surface area contributed by atoms with Crippen LogP contribution in [0.1, 0.15) is 66.2 Å². The van der Waals surface area contributed by atoms with E-state index in [1.807, 2.05) is 0 Å². The summed E-state index contributed by atoms with van der Waals surface area (Å²) in [5, 5.41) is 0. The van der Waals surface area contributed by atoms with Crippen LogP contribution in [0.25, 0.3) is 0 Å². The van der Waals surface area contributed by atoms with Crippen molar-refractivity contribution in [3.05, 3.63) is 0 Å². The molecule has 2 heteroatoms. The summed E-state index contributed by atoms with van der Waals surface area (Å²) >= 11 is 0. The van der Waals surface area contributed by atoms with Gasteiger partial charge in [0.05, 0.1) is 12.1 Å². The molecule has 0 unspecified atom stereocenters. The first-order valence-electron chi connectivity index (χ1n) is 7.85. The van der Waals surface area contributed by atoms with E-state index in [0.717, 1.165) is 19.4 Å². The number of hydrogen-bond donors (Lipinski definition) is 0. The van der Waals surface area contributed by atoms with Gasteiger partial charge in [0.2, 0.25) is 0 Å². The van der Waals surface area contributed by atoms with Crippen molar-refractivity contribution in [1.82, 2.24) is 4.90 Å². The minimum Gasteiger partial charge on any atom is -0.357 e. The number of ether oxygens (including phenoxy) is 1. The topological polar surface area (TPSA) is 12.5 Å². The van der Waals surface area contributed by atoms with E-state index in [4.69, 9.17) is 4.74 Å². The van der Waals surface area contributed by atoms with E-state index in [9.17, 15) is 0 Å². The summed E-state index contributed by atoms with van der Waals surface area (Å²) in [5.41, 5.74) is -0.249. The number of likely N-dealkylation sites (tertiary alicyclic amines) is 1. The van der Waals surface area contributed by atoms with Crippen molar-refractivity contribution >= 4 is 0 Å². The Morgan fingerprint density at radius 3 is 2.63 bits per heavy atom. The highest BCUT2D eigenvalue weighted by molar-refractivity contribution is 5.16. The van der Waals surface area contributed by atoms with Gasteiger partial charge < -0.3 is 4.74 Å². The maximum absolute atomic E-state index is 6.19. The van der Waals surface area contributed by atoms with E-state index in [2.05, 4.69) is 44.4 Å². The molecule has 2 rings (SSSR count). The third kappa shape index (κ3) is 4.23. The van der Waals surface area contributed by atoms with E-state index in [0.29, 0.717) is 6.04 Å². The minimum absolute atomic E-state index is 0.0138. The Labute approximate surface area is 118 Å². The number of rotatable bonds is 1. The number of nitrogens with zero attached hydrogens (tertiary/aromatic N) is 1. The molecule has 2 nitrogen and oxygen atoms in total. The van der Waals surface area contributed by atoms with Crippen LogP contribution in [-0.4, -0.2) is 35.2 Å². The molecule has 0 radical (unpaired) electrons. The molecular weight excluding hydrogens is 234 g/mol. The highest BCUT2D eigenvalue weighted by Gasteiger charge is 2.35. The van der Waals surface area contributed by atoms with Crippen LogP contribution in [0.4, 0.5) is 0 Å². The van der Waals surface area contributed by atoms with Crippen molar-refractivity contribution in [2.45, 2.75) is 83.5 Å². The monoisotopic (exact) mass is 263 g/mol. The van der Waals surface area contributed by atoms with Gasteiger partial charge in [-0.25, -0.2) is 0 Å². The molecule has 0 spiro atoms. The van der Waals surface area contributed by atoms with Crippen LogP contribution in [0.3, 0.4) is 0 Å². The van der Waals surface area contributed by atoms with Crippen LogP contribution < -0.4 is 0 Å². The molecule has 2 fully saturated rings. The zero-order valence-corrected chi connectivity index (χ0v) is 13.1. The molecule has 0 aromatic carbocycles. The zero-order valence-electron chi connectivity index (χ0n) is 13.1. The van der Waals surface area contributed by atoms with Crippen LogP contribution in [-0.2, 0) is 4.74 Å². The van der Waals surface area contributed by atoms with Gasteiger partial charge in [-0.05, 0) is 66.3 Å². The lowest BCUT2D eigenvalue weighted by Crippen LogP contribution is -2.43. The minimum atomic E-state index is -0.235. The molecule has 2 aliphatic rings. The fourth-order valence-corrected chi connectivity index (χ4v) is 3.37. The van der Waals surface area contributed by atoms with E-state index >= 15 is 0 Å². The SMILES string of the molecule is C[C@H]1CCCCN1CC#C[C@@]1(C)CCCC(C)(C)O1. The average molecular weight is 263 g/mol. The second-order valence-corrected chi connectivity index (χ2v) is 7.06. The van der Waals surface area contributed by atoms with Crippen LogP contribution >= 0.6 is 0 Å². The highest BCUT2D eigenvalue weighted by atomic mass is 16.5. The molecule has 0 saturated carbocycles. The van der Waals surface area contributed by atoms with E-state index in [1.165, 1.54) is 32.2 Å². The van der Waals surface area contributed by atoms with Crippen molar-refractivity contribution in [3.8, 4) is 11.8 Å². The Morgan fingerprint density at radius 2 is 1.95 bits per heavy atom. The molecule has 0 aromatic heterocycles. The van der Waals surface area contributed by atoms with Gasteiger partial charge in [0.25, 0.3) is 0 Å². The van der Waals surface area contributed by atoms with Gasteiger partial charge in [0.15, 0.2) is 0 Å². The molecule has 0 bridgehead atoms. The maximum Gasteiger partial charge on any atom is 0.126 e. The van der Waals surface area contributed by atoms with Gasteiger partial charge in [-0.15, -0.1) is 0 Å². The summed E-state index contributed by atoms with van der Waals surface area (Å²) in [6.45, 7) is 10.9. The Hall–Kier alpha value is -0.520. The molecule has 2 atom stereocenters. The Bertz CT molecular complexity index is 365. The Morgan fingerprint density at radius 1 is 1.16 bits per heavy atom. The quantitative estimate of drug-likeness (QED) is 0.670. The fourth-order valence-electron chi connectivity index (χ4n) is 3.37. The van der Waals surface area contributed by atoms with Crippen molar-refractivity contribution in [1.29, 1.82) is 0 Å². The summed E-state index contributed by atoms with van der Waals surface area (Å²) in [4.78, 5) is 2.51. The van der Waals surface area contributed by atoms with Gasteiger partial charge in [0.1, 0.15) is 5.60 Å². The second kappa shape index (κ2) is 5.85. The van der Waals surface area contributed by atoms with E-state index in [-0.39, 0.29) is 11.2 Å². The smallest absolute Gasteiger partial charge is 0.126 e. The summed E-state index contributed by atoms with van der Waals surface area (Å²) in [7, 11) is 0. The van der Waals surface area contributed by atoms with Crippen molar-refractivity contribution in [3.63, 3.8) is 0 Å². The first-order valence-corrected chi connectivity index (χ1v) is 7.85. The van der Waals surface area contributed by atoms with Crippen molar-refractivity contribution in [2.75, 3.05) is 13.1 Å². The highest BCUT2D eigenvalue weighted by Crippen LogP contribution is 2.34. The first-order chi connectivity index (χ1) is 8.90. The Kier molecular flexibility index (Phi) is 4.58. The summed E-state index contributed by atoms with van der Waals surface area (Å²) in [6, 6.07) is 0.694. The second-order valence-electron chi connectivity index (χ2n) is 7.06. The van der Waals surface area contributed by atoms with Gasteiger partial charge >= 0.3 is 0 Å². The summed E-state index contributed by atoms with van der Waals surface area (Å²) in [6.07, 6.45) is 7.46. The third-order valence-corrected chi connectivity index (χ3v) is 4.51. The van der Waals surface area contributed by atoms with Crippen LogP contribution in [0, 0.1) is 11.8 Å². The van der Waals surface area contributed by atoms with Crippen LogP contribution in [0.2, 0.25) is 0 Å². The molecule has 0 N–H and O–H groups in total. The van der Waals surface area contributed by atoms with Crippen LogP contribution in [0.15, 0.2) is 0 Å². The molecule has 19 heavy (non-hydrogen) atoms. The normalized spacial score (nSPS) is 35.5. The lowest BCUT2D eigenvalue weighted by Gasteiger charge is -2.40. The molecular formula is C17H29NO. The summed E-state index contributed by atoms with van der Waals surface area (Å²) in [5.74, 6) is 6.79. The molecule has 0 aliphatic carbocycles. The number of piperidine rings is 1. The largest absolute Gasteiger partial charge is 0.357 e.